The Labute approximate surface area is 185 Å². The lowest BCUT2D eigenvalue weighted by atomic mass is 10.0. The molecule has 1 aliphatic carbocycles. The number of carboxylic acids is 1. The van der Waals surface area contributed by atoms with Crippen molar-refractivity contribution >= 4 is 41.2 Å². The molecule has 0 bridgehead atoms. The molecule has 1 saturated carbocycles. The van der Waals surface area contributed by atoms with Crippen molar-refractivity contribution in [1.82, 2.24) is 5.32 Å². The SMILES string of the molecule is O=C(CCC1CCCC1)NC(=Cc1ccc(Oc2ccc(Cl)cc2Cl)cc1)C(=O)O. The van der Waals surface area contributed by atoms with Gasteiger partial charge in [0.1, 0.15) is 17.2 Å². The third-order valence-corrected chi connectivity index (χ3v) is 5.60. The topological polar surface area (TPSA) is 75.6 Å². The Kier molecular flexibility index (Phi) is 7.77. The predicted molar refractivity (Wildman–Crippen MR) is 118 cm³/mol. The number of rotatable bonds is 8. The van der Waals surface area contributed by atoms with Crippen LogP contribution in [0.4, 0.5) is 0 Å². The van der Waals surface area contributed by atoms with E-state index in [1.165, 1.54) is 18.9 Å². The molecule has 2 aromatic carbocycles. The van der Waals surface area contributed by atoms with Crippen molar-refractivity contribution in [1.29, 1.82) is 0 Å². The third kappa shape index (κ3) is 6.51. The van der Waals surface area contributed by atoms with E-state index in [1.54, 1.807) is 42.5 Å². The van der Waals surface area contributed by atoms with Crippen molar-refractivity contribution < 1.29 is 19.4 Å². The molecule has 0 unspecified atom stereocenters. The van der Waals surface area contributed by atoms with Gasteiger partial charge in [0.15, 0.2) is 0 Å². The van der Waals surface area contributed by atoms with Gasteiger partial charge in [0, 0.05) is 11.4 Å². The first-order valence-electron chi connectivity index (χ1n) is 9.88. The minimum Gasteiger partial charge on any atom is -0.477 e. The fourth-order valence-corrected chi connectivity index (χ4v) is 3.93. The minimum atomic E-state index is -1.18. The van der Waals surface area contributed by atoms with E-state index in [0.29, 0.717) is 39.4 Å². The van der Waals surface area contributed by atoms with Crippen LogP contribution in [0.15, 0.2) is 48.2 Å². The number of carbonyl (C=O) groups is 2. The summed E-state index contributed by atoms with van der Waals surface area (Å²) < 4.78 is 5.72. The van der Waals surface area contributed by atoms with Crippen molar-refractivity contribution in [3.63, 3.8) is 0 Å². The summed E-state index contributed by atoms with van der Waals surface area (Å²) in [5.74, 6) is 0.124. The molecule has 2 N–H and O–H groups in total. The van der Waals surface area contributed by atoms with Gasteiger partial charge >= 0.3 is 5.97 Å². The van der Waals surface area contributed by atoms with Gasteiger partial charge in [-0.2, -0.15) is 0 Å². The molecule has 0 heterocycles. The second kappa shape index (κ2) is 10.5. The fraction of sp³-hybridized carbons (Fsp3) is 0.304. The molecule has 0 saturated heterocycles. The smallest absolute Gasteiger partial charge is 0.352 e. The van der Waals surface area contributed by atoms with Gasteiger partial charge in [-0.15, -0.1) is 0 Å². The lowest BCUT2D eigenvalue weighted by Crippen LogP contribution is -2.27. The van der Waals surface area contributed by atoms with Crippen LogP contribution in [-0.2, 0) is 9.59 Å². The number of carbonyl (C=O) groups excluding carboxylic acids is 1. The number of aliphatic carboxylic acids is 1. The second-order valence-electron chi connectivity index (χ2n) is 7.35. The van der Waals surface area contributed by atoms with Gasteiger partial charge in [0.05, 0.1) is 5.02 Å². The zero-order valence-electron chi connectivity index (χ0n) is 16.4. The molecule has 3 rings (SSSR count). The standard InChI is InChI=1S/C23H23Cl2NO4/c24-17-8-11-21(19(25)14-17)30-18-9-5-16(6-10-18)13-20(23(28)29)26-22(27)12-7-15-3-1-2-4-15/h5-6,8-11,13-15H,1-4,7,12H2,(H,26,27)(H,28,29). The van der Waals surface area contributed by atoms with E-state index in [9.17, 15) is 14.7 Å². The number of amides is 1. The Morgan fingerprint density at radius 2 is 1.80 bits per heavy atom. The Balaban J connectivity index is 1.62. The summed E-state index contributed by atoms with van der Waals surface area (Å²) in [4.78, 5) is 23.7. The minimum absolute atomic E-state index is 0.152. The average molecular weight is 448 g/mol. The number of carboxylic acid groups (broad SMARTS) is 1. The molecule has 0 radical (unpaired) electrons. The summed E-state index contributed by atoms with van der Waals surface area (Å²) in [5.41, 5.74) is 0.471. The van der Waals surface area contributed by atoms with Crippen LogP contribution in [-0.4, -0.2) is 17.0 Å². The van der Waals surface area contributed by atoms with Crippen molar-refractivity contribution in [2.45, 2.75) is 38.5 Å². The molecule has 0 aromatic heterocycles. The van der Waals surface area contributed by atoms with Gasteiger partial charge in [-0.1, -0.05) is 61.0 Å². The van der Waals surface area contributed by atoms with Gasteiger partial charge in [0.2, 0.25) is 5.91 Å². The molecule has 0 aliphatic heterocycles. The van der Waals surface area contributed by atoms with Gasteiger partial charge in [0.25, 0.3) is 0 Å². The Hall–Kier alpha value is -2.50. The molecule has 7 heteroatoms. The lowest BCUT2D eigenvalue weighted by Gasteiger charge is -2.10. The number of ether oxygens (including phenoxy) is 1. The van der Waals surface area contributed by atoms with Crippen LogP contribution in [0.25, 0.3) is 6.08 Å². The molecule has 1 amide bonds. The average Bonchev–Trinajstić information content (AvgIpc) is 3.23. The highest BCUT2D eigenvalue weighted by molar-refractivity contribution is 6.35. The van der Waals surface area contributed by atoms with Crippen LogP contribution in [0.3, 0.4) is 0 Å². The largest absolute Gasteiger partial charge is 0.477 e. The van der Waals surface area contributed by atoms with E-state index >= 15 is 0 Å². The van der Waals surface area contributed by atoms with E-state index in [2.05, 4.69) is 5.32 Å². The molecule has 1 fully saturated rings. The van der Waals surface area contributed by atoms with Crippen LogP contribution in [0, 0.1) is 5.92 Å². The van der Waals surface area contributed by atoms with Crippen LogP contribution in [0.5, 0.6) is 11.5 Å². The third-order valence-electron chi connectivity index (χ3n) is 5.07. The molecule has 158 valence electrons. The summed E-state index contributed by atoms with van der Waals surface area (Å²) in [6, 6.07) is 11.7. The van der Waals surface area contributed by atoms with E-state index in [1.807, 2.05) is 0 Å². The summed E-state index contributed by atoms with van der Waals surface area (Å²) in [6.07, 6.45) is 7.32. The zero-order chi connectivity index (χ0) is 21.5. The summed E-state index contributed by atoms with van der Waals surface area (Å²) in [6.45, 7) is 0. The van der Waals surface area contributed by atoms with Gasteiger partial charge < -0.3 is 15.2 Å². The summed E-state index contributed by atoms with van der Waals surface area (Å²) >= 11 is 12.0. The van der Waals surface area contributed by atoms with Crippen LogP contribution in [0.2, 0.25) is 10.0 Å². The Morgan fingerprint density at radius 1 is 1.10 bits per heavy atom. The molecule has 30 heavy (non-hydrogen) atoms. The molecular formula is C23H23Cl2NO4. The van der Waals surface area contributed by atoms with Crippen molar-refractivity contribution in [3.8, 4) is 11.5 Å². The predicted octanol–water partition coefficient (Wildman–Crippen LogP) is 6.30. The fourth-order valence-electron chi connectivity index (χ4n) is 3.48. The Morgan fingerprint density at radius 3 is 2.43 bits per heavy atom. The summed E-state index contributed by atoms with van der Waals surface area (Å²) in [5, 5.41) is 12.9. The highest BCUT2D eigenvalue weighted by atomic mass is 35.5. The Bertz CT molecular complexity index is 935. The van der Waals surface area contributed by atoms with Crippen LogP contribution in [0.1, 0.15) is 44.1 Å². The maximum Gasteiger partial charge on any atom is 0.352 e. The monoisotopic (exact) mass is 447 g/mol. The number of benzene rings is 2. The van der Waals surface area contributed by atoms with Crippen LogP contribution < -0.4 is 10.1 Å². The number of hydrogen-bond acceptors (Lipinski definition) is 3. The van der Waals surface area contributed by atoms with Gasteiger partial charge in [-0.25, -0.2) is 4.79 Å². The first-order chi connectivity index (χ1) is 14.4. The van der Waals surface area contributed by atoms with Crippen molar-refractivity contribution in [2.24, 2.45) is 5.92 Å². The van der Waals surface area contributed by atoms with E-state index in [4.69, 9.17) is 27.9 Å². The van der Waals surface area contributed by atoms with Gasteiger partial charge in [-0.05, 0) is 54.3 Å². The normalized spacial score (nSPS) is 14.5. The molecule has 5 nitrogen and oxygen atoms in total. The first kappa shape index (κ1) is 22.2. The molecular weight excluding hydrogens is 425 g/mol. The molecule has 2 aromatic rings. The highest BCUT2D eigenvalue weighted by Gasteiger charge is 2.17. The highest BCUT2D eigenvalue weighted by Crippen LogP contribution is 2.32. The maximum atomic E-state index is 12.2. The maximum absolute atomic E-state index is 12.2. The number of hydrogen-bond donors (Lipinski definition) is 2. The lowest BCUT2D eigenvalue weighted by molar-refractivity contribution is -0.134. The quantitative estimate of drug-likeness (QED) is 0.465. The zero-order valence-corrected chi connectivity index (χ0v) is 17.9. The van der Waals surface area contributed by atoms with Crippen molar-refractivity contribution in [2.75, 3.05) is 0 Å². The first-order valence-corrected chi connectivity index (χ1v) is 10.6. The van der Waals surface area contributed by atoms with Gasteiger partial charge in [-0.3, -0.25) is 4.79 Å². The second-order valence-corrected chi connectivity index (χ2v) is 8.19. The molecule has 0 spiro atoms. The van der Waals surface area contributed by atoms with E-state index < -0.39 is 5.97 Å². The summed E-state index contributed by atoms with van der Waals surface area (Å²) in [7, 11) is 0. The van der Waals surface area contributed by atoms with Crippen LogP contribution >= 0.6 is 23.2 Å². The van der Waals surface area contributed by atoms with Crippen molar-refractivity contribution in [3.05, 3.63) is 63.8 Å². The number of nitrogens with one attached hydrogen (secondary N) is 1. The van der Waals surface area contributed by atoms with E-state index in [-0.39, 0.29) is 11.6 Å². The molecule has 0 atom stereocenters. The molecule has 1 aliphatic rings. The van der Waals surface area contributed by atoms with E-state index in [0.717, 1.165) is 19.3 Å². The number of halogens is 2.